The van der Waals surface area contributed by atoms with Gasteiger partial charge < -0.3 is 24.4 Å². The highest BCUT2D eigenvalue weighted by molar-refractivity contribution is 5.89. The molecule has 0 aromatic heterocycles. The maximum Gasteiger partial charge on any atom is 0.422 e. The number of hydrogen-bond donors (Lipinski definition) is 1. The summed E-state index contributed by atoms with van der Waals surface area (Å²) in [6.45, 7) is 5.14. The average molecular weight is 596 g/mol. The maximum atomic E-state index is 12.5. The van der Waals surface area contributed by atoms with Crippen LogP contribution < -0.4 is 19.7 Å². The largest absolute Gasteiger partial charge is 0.488 e. The Bertz CT molecular complexity index is 1420. The van der Waals surface area contributed by atoms with Crippen molar-refractivity contribution in [3.05, 3.63) is 88.5 Å². The van der Waals surface area contributed by atoms with Gasteiger partial charge in [-0.3, -0.25) is 0 Å². The summed E-state index contributed by atoms with van der Waals surface area (Å²) >= 11 is 0. The van der Waals surface area contributed by atoms with E-state index in [2.05, 4.69) is 22.4 Å². The van der Waals surface area contributed by atoms with Gasteiger partial charge in [0.25, 0.3) is 0 Å². The van der Waals surface area contributed by atoms with E-state index in [1.54, 1.807) is 30.3 Å². The lowest BCUT2D eigenvalue weighted by molar-refractivity contribution is -0.153. The molecule has 0 unspecified atom stereocenters. The smallest absolute Gasteiger partial charge is 0.422 e. The first-order chi connectivity index (χ1) is 20.6. The third-order valence-electron chi connectivity index (χ3n) is 7.06. The Morgan fingerprint density at radius 2 is 1.79 bits per heavy atom. The predicted octanol–water partition coefficient (Wildman–Crippen LogP) is 6.02. The number of hydrogen-bond acceptors (Lipinski definition) is 7. The summed E-state index contributed by atoms with van der Waals surface area (Å²) in [4.78, 5) is 14.4. The number of esters is 1. The molecular formula is C33H36F3N3O4. The number of para-hydroxylation sites is 2. The fourth-order valence-electron chi connectivity index (χ4n) is 5.05. The molecule has 1 aliphatic heterocycles. The van der Waals surface area contributed by atoms with E-state index >= 15 is 0 Å². The summed E-state index contributed by atoms with van der Waals surface area (Å²) in [7, 11) is 0. The molecule has 0 aliphatic carbocycles. The van der Waals surface area contributed by atoms with Gasteiger partial charge >= 0.3 is 12.1 Å². The van der Waals surface area contributed by atoms with Gasteiger partial charge in [-0.15, -0.1) is 0 Å². The van der Waals surface area contributed by atoms with Crippen LogP contribution in [0.5, 0.6) is 11.5 Å². The lowest BCUT2D eigenvalue weighted by Crippen LogP contribution is -2.32. The monoisotopic (exact) mass is 595 g/mol. The van der Waals surface area contributed by atoms with Crippen LogP contribution in [0.15, 0.2) is 60.7 Å². The van der Waals surface area contributed by atoms with E-state index in [0.717, 1.165) is 35.3 Å². The van der Waals surface area contributed by atoms with E-state index in [9.17, 15) is 23.2 Å². The molecule has 7 nitrogen and oxygen atoms in total. The highest BCUT2D eigenvalue weighted by atomic mass is 19.4. The van der Waals surface area contributed by atoms with Crippen LogP contribution >= 0.6 is 0 Å². The Hall–Kier alpha value is -4.23. The van der Waals surface area contributed by atoms with Gasteiger partial charge in [0, 0.05) is 25.7 Å². The minimum atomic E-state index is -4.43. The lowest BCUT2D eigenvalue weighted by atomic mass is 9.99. The lowest BCUT2D eigenvalue weighted by Gasteiger charge is -2.21. The van der Waals surface area contributed by atoms with E-state index in [1.165, 1.54) is 6.07 Å². The van der Waals surface area contributed by atoms with Crippen LogP contribution in [-0.2, 0) is 17.6 Å². The average Bonchev–Trinajstić information content (AvgIpc) is 3.39. The Morgan fingerprint density at radius 3 is 2.49 bits per heavy atom. The number of carbonyl (C=O) groups is 1. The number of ether oxygens (including phenoxy) is 3. The molecule has 43 heavy (non-hydrogen) atoms. The number of benzene rings is 3. The fourth-order valence-corrected chi connectivity index (χ4v) is 5.05. The Balaban J connectivity index is 1.23. The molecule has 1 N–H and O–H groups in total. The summed E-state index contributed by atoms with van der Waals surface area (Å²) < 4.78 is 53.5. The summed E-state index contributed by atoms with van der Waals surface area (Å²) in [5, 5.41) is 13.3. The number of fused-ring (bicyclic) bond motifs is 1. The minimum absolute atomic E-state index is 0.0485. The quantitative estimate of drug-likeness (QED) is 0.180. The Labute approximate surface area is 250 Å². The van der Waals surface area contributed by atoms with E-state index in [1.807, 2.05) is 32.0 Å². The SMILES string of the molecule is Cc1ccc(C(=O)OCCCN2CCc3cc(C[C@@H](C)NCCOc4ccccc4OCC(F)(F)F)cc(C#N)c32)cc1. The fraction of sp³-hybridized carbons (Fsp3) is 0.394. The third-order valence-corrected chi connectivity index (χ3v) is 7.06. The molecule has 1 atom stereocenters. The zero-order valence-electron chi connectivity index (χ0n) is 24.4. The van der Waals surface area contributed by atoms with Crippen molar-refractivity contribution in [1.29, 1.82) is 5.26 Å². The van der Waals surface area contributed by atoms with Gasteiger partial charge in [0.05, 0.1) is 23.4 Å². The van der Waals surface area contributed by atoms with Crippen LogP contribution in [0.25, 0.3) is 0 Å². The first-order valence-corrected chi connectivity index (χ1v) is 14.3. The van der Waals surface area contributed by atoms with Gasteiger partial charge in [-0.1, -0.05) is 35.9 Å². The zero-order chi connectivity index (χ0) is 30.8. The van der Waals surface area contributed by atoms with Gasteiger partial charge in [-0.2, -0.15) is 18.4 Å². The van der Waals surface area contributed by atoms with E-state index in [4.69, 9.17) is 14.2 Å². The van der Waals surface area contributed by atoms with E-state index in [-0.39, 0.29) is 30.1 Å². The number of nitrogens with one attached hydrogen (secondary N) is 1. The molecule has 0 saturated carbocycles. The van der Waals surface area contributed by atoms with E-state index < -0.39 is 12.8 Å². The third kappa shape index (κ3) is 9.38. The molecule has 0 saturated heterocycles. The van der Waals surface area contributed by atoms with Gasteiger partial charge in [-0.05, 0) is 74.6 Å². The number of nitrogens with zero attached hydrogens (tertiary/aromatic N) is 2. The highest BCUT2D eigenvalue weighted by Gasteiger charge is 2.29. The molecule has 1 aliphatic rings. The van der Waals surface area contributed by atoms with Crippen LogP contribution in [0.3, 0.4) is 0 Å². The molecular weight excluding hydrogens is 559 g/mol. The van der Waals surface area contributed by atoms with Crippen molar-refractivity contribution >= 4 is 11.7 Å². The minimum Gasteiger partial charge on any atom is -0.488 e. The Kier molecular flexibility index (Phi) is 10.9. The van der Waals surface area contributed by atoms with Gasteiger partial charge in [-0.25, -0.2) is 4.79 Å². The molecule has 0 bridgehead atoms. The normalized spacial score (nSPS) is 13.3. The topological polar surface area (TPSA) is 83.8 Å². The number of aryl methyl sites for hydroxylation is 1. The van der Waals surface area contributed by atoms with Gasteiger partial charge in [0.2, 0.25) is 0 Å². The van der Waals surface area contributed by atoms with Crippen molar-refractivity contribution in [2.75, 3.05) is 44.4 Å². The van der Waals surface area contributed by atoms with Crippen molar-refractivity contribution in [1.82, 2.24) is 5.32 Å². The zero-order valence-corrected chi connectivity index (χ0v) is 24.4. The summed E-state index contributed by atoms with van der Waals surface area (Å²) in [6.07, 6.45) is -2.23. The van der Waals surface area contributed by atoms with Crippen molar-refractivity contribution in [2.45, 2.75) is 45.3 Å². The molecule has 228 valence electrons. The maximum absolute atomic E-state index is 12.5. The molecule has 3 aromatic carbocycles. The molecule has 0 amide bonds. The van der Waals surface area contributed by atoms with Crippen LogP contribution in [0.2, 0.25) is 0 Å². The standard InChI is InChI=1S/C33H36F3N3O4/c1-23-8-10-26(11-9-23)32(40)42-16-5-14-39-15-12-27-19-25(20-28(21-37)31(27)39)18-24(2)38-13-17-41-29-6-3-4-7-30(29)43-22-33(34,35)36/h3-4,6-11,19-20,24,38H,5,12-18,22H2,1-2H3/t24-/m1/s1. The number of nitriles is 1. The molecule has 1 heterocycles. The number of halogens is 3. The van der Waals surface area contributed by atoms with Crippen LogP contribution in [0.4, 0.5) is 18.9 Å². The van der Waals surface area contributed by atoms with Gasteiger partial charge in [0.1, 0.15) is 12.7 Å². The van der Waals surface area contributed by atoms with Crippen molar-refractivity contribution in [3.63, 3.8) is 0 Å². The molecule has 0 fully saturated rings. The van der Waals surface area contributed by atoms with Crippen LogP contribution in [0.1, 0.15) is 46.0 Å². The van der Waals surface area contributed by atoms with Gasteiger partial charge in [0.15, 0.2) is 18.1 Å². The second-order valence-electron chi connectivity index (χ2n) is 10.6. The van der Waals surface area contributed by atoms with Crippen molar-refractivity contribution in [3.8, 4) is 17.6 Å². The first kappa shape index (κ1) is 31.7. The molecule has 0 spiro atoms. The summed E-state index contributed by atoms with van der Waals surface area (Å²) in [6, 6.07) is 20.1. The number of alkyl halides is 3. The van der Waals surface area contributed by atoms with Crippen LogP contribution in [-0.4, -0.2) is 57.6 Å². The molecule has 4 rings (SSSR count). The summed E-state index contributed by atoms with van der Waals surface area (Å²) in [5.74, 6) is -0.0296. The second-order valence-corrected chi connectivity index (χ2v) is 10.6. The molecule has 3 aromatic rings. The van der Waals surface area contributed by atoms with E-state index in [0.29, 0.717) is 43.7 Å². The van der Waals surface area contributed by atoms with Crippen molar-refractivity contribution < 1.29 is 32.2 Å². The highest BCUT2D eigenvalue weighted by Crippen LogP contribution is 2.33. The second kappa shape index (κ2) is 14.8. The Morgan fingerprint density at radius 1 is 1.07 bits per heavy atom. The first-order valence-electron chi connectivity index (χ1n) is 14.3. The summed E-state index contributed by atoms with van der Waals surface area (Å²) in [5.41, 5.74) is 5.39. The number of rotatable bonds is 14. The number of anilines is 1. The number of carbonyl (C=O) groups excluding carboxylic acids is 1. The molecule has 10 heteroatoms. The predicted molar refractivity (Wildman–Crippen MR) is 158 cm³/mol. The van der Waals surface area contributed by atoms with Crippen LogP contribution in [0, 0.1) is 18.3 Å². The van der Waals surface area contributed by atoms with Crippen molar-refractivity contribution in [2.24, 2.45) is 0 Å². The molecule has 0 radical (unpaired) electrons.